The van der Waals surface area contributed by atoms with Crippen LogP contribution < -0.4 is 10.1 Å². The summed E-state index contributed by atoms with van der Waals surface area (Å²) in [5.41, 5.74) is 1.09. The number of anilines is 1. The first-order valence-corrected chi connectivity index (χ1v) is 11.5. The van der Waals surface area contributed by atoms with E-state index in [0.29, 0.717) is 16.8 Å². The molecule has 1 aliphatic rings. The highest BCUT2D eigenvalue weighted by atomic mass is 32.2. The maximum absolute atomic E-state index is 12.4. The van der Waals surface area contributed by atoms with Gasteiger partial charge in [0.2, 0.25) is 5.91 Å². The van der Waals surface area contributed by atoms with Crippen LogP contribution >= 0.6 is 11.3 Å². The summed E-state index contributed by atoms with van der Waals surface area (Å²) in [7, 11) is -1.88. The number of sulfone groups is 1. The van der Waals surface area contributed by atoms with Crippen LogP contribution in [0.4, 0.5) is 5.13 Å². The van der Waals surface area contributed by atoms with Gasteiger partial charge in [-0.15, -0.1) is 11.3 Å². The van der Waals surface area contributed by atoms with Crippen molar-refractivity contribution in [2.45, 2.75) is 43.9 Å². The smallest absolute Gasteiger partial charge is 0.226 e. The molecule has 0 aliphatic heterocycles. The van der Waals surface area contributed by atoms with E-state index in [-0.39, 0.29) is 29.4 Å². The lowest BCUT2D eigenvalue weighted by Crippen LogP contribution is -2.14. The molecule has 1 atom stereocenters. The molecule has 1 aromatic carbocycles. The second-order valence-corrected chi connectivity index (χ2v) is 10.1. The molecule has 0 spiro atoms. The van der Waals surface area contributed by atoms with Crippen molar-refractivity contribution in [2.24, 2.45) is 5.92 Å². The molecule has 0 fully saturated rings. The van der Waals surface area contributed by atoms with Gasteiger partial charge in [0.05, 0.1) is 23.5 Å². The maximum Gasteiger partial charge on any atom is 0.226 e. The second kappa shape index (κ2) is 8.39. The minimum atomic E-state index is -3.41. The van der Waals surface area contributed by atoms with E-state index >= 15 is 0 Å². The van der Waals surface area contributed by atoms with E-state index in [1.165, 1.54) is 35.5 Å². The van der Waals surface area contributed by atoms with E-state index in [2.05, 4.69) is 17.2 Å². The van der Waals surface area contributed by atoms with Crippen molar-refractivity contribution >= 4 is 32.2 Å². The van der Waals surface area contributed by atoms with Crippen LogP contribution in [0.5, 0.6) is 5.75 Å². The van der Waals surface area contributed by atoms with E-state index < -0.39 is 9.84 Å². The predicted octanol–water partition coefficient (Wildman–Crippen LogP) is 3.47. The number of nitrogens with zero attached hydrogens (tertiary/aromatic N) is 1. The number of aromatic nitrogens is 1. The van der Waals surface area contributed by atoms with Gasteiger partial charge in [0.1, 0.15) is 5.75 Å². The van der Waals surface area contributed by atoms with Crippen molar-refractivity contribution < 1.29 is 17.9 Å². The van der Waals surface area contributed by atoms with Crippen LogP contribution in [0.25, 0.3) is 0 Å². The summed E-state index contributed by atoms with van der Waals surface area (Å²) in [5.74, 6) is 0.996. The molecule has 1 aromatic heterocycles. The largest absolute Gasteiger partial charge is 0.497 e. The molecule has 27 heavy (non-hydrogen) atoms. The number of carbonyl (C=O) groups excluding carboxylic acids is 1. The average Bonchev–Trinajstić information content (AvgIpc) is 3.02. The highest BCUT2D eigenvalue weighted by Crippen LogP contribution is 2.32. The Morgan fingerprint density at radius 2 is 2.07 bits per heavy atom. The molecule has 1 N–H and O–H groups in total. The molecule has 3 rings (SSSR count). The van der Waals surface area contributed by atoms with Crippen LogP contribution in [0.2, 0.25) is 0 Å². The average molecular weight is 409 g/mol. The van der Waals surface area contributed by atoms with E-state index in [1.54, 1.807) is 12.1 Å². The van der Waals surface area contributed by atoms with Gasteiger partial charge in [-0.1, -0.05) is 6.92 Å². The summed E-state index contributed by atoms with van der Waals surface area (Å²) < 4.78 is 29.7. The van der Waals surface area contributed by atoms with Crippen molar-refractivity contribution in [3.63, 3.8) is 0 Å². The number of methoxy groups -OCH3 is 1. The molecule has 146 valence electrons. The van der Waals surface area contributed by atoms with Crippen molar-refractivity contribution in [1.29, 1.82) is 0 Å². The zero-order chi connectivity index (χ0) is 19.4. The number of hydrogen-bond donors (Lipinski definition) is 1. The van der Waals surface area contributed by atoms with E-state index in [1.807, 2.05) is 0 Å². The van der Waals surface area contributed by atoms with Crippen molar-refractivity contribution in [1.82, 2.24) is 4.98 Å². The van der Waals surface area contributed by atoms with E-state index in [4.69, 9.17) is 4.74 Å². The summed E-state index contributed by atoms with van der Waals surface area (Å²) in [4.78, 5) is 18.1. The first kappa shape index (κ1) is 19.8. The zero-order valence-electron chi connectivity index (χ0n) is 15.5. The third-order valence-corrected chi connectivity index (χ3v) is 7.52. The third kappa shape index (κ3) is 5.07. The third-order valence-electron chi connectivity index (χ3n) is 4.67. The fourth-order valence-electron chi connectivity index (χ4n) is 3.10. The first-order chi connectivity index (χ1) is 12.9. The van der Waals surface area contributed by atoms with Crippen LogP contribution in [-0.2, 0) is 27.5 Å². The summed E-state index contributed by atoms with van der Waals surface area (Å²) in [6.45, 7) is 2.23. The topological polar surface area (TPSA) is 85.4 Å². The fraction of sp³-hybridized carbons (Fsp3) is 0.474. The second-order valence-electron chi connectivity index (χ2n) is 6.88. The van der Waals surface area contributed by atoms with Crippen LogP contribution in [0.1, 0.15) is 36.8 Å². The molecule has 8 heteroatoms. The monoisotopic (exact) mass is 408 g/mol. The Morgan fingerprint density at radius 3 is 2.78 bits per heavy atom. The minimum Gasteiger partial charge on any atom is -0.497 e. The van der Waals surface area contributed by atoms with E-state index in [0.717, 1.165) is 25.0 Å². The number of rotatable bonds is 7. The Labute approximate surface area is 163 Å². The highest BCUT2D eigenvalue weighted by molar-refractivity contribution is 7.91. The standard InChI is InChI=1S/C19H24N2O4S2/c1-13-5-10-16-17(12-13)26-19(20-16)21-18(22)4-3-11-27(23,24)15-8-6-14(25-2)7-9-15/h6-9,13H,3-5,10-12H2,1-2H3,(H,20,21,22)/t13-/m1/s1. The van der Waals surface area contributed by atoms with Gasteiger partial charge in [0, 0.05) is 11.3 Å². The molecule has 1 amide bonds. The van der Waals surface area contributed by atoms with Gasteiger partial charge in [0.15, 0.2) is 15.0 Å². The molecular weight excluding hydrogens is 384 g/mol. The lowest BCUT2D eigenvalue weighted by Gasteiger charge is -2.15. The van der Waals surface area contributed by atoms with Gasteiger partial charge in [-0.05, 0) is 55.9 Å². The van der Waals surface area contributed by atoms with Gasteiger partial charge in [-0.2, -0.15) is 0 Å². The van der Waals surface area contributed by atoms with Crippen LogP contribution in [0.15, 0.2) is 29.2 Å². The van der Waals surface area contributed by atoms with Crippen molar-refractivity contribution in [3.8, 4) is 5.75 Å². The highest BCUT2D eigenvalue weighted by Gasteiger charge is 2.21. The number of hydrogen-bond acceptors (Lipinski definition) is 6. The summed E-state index contributed by atoms with van der Waals surface area (Å²) in [5, 5.41) is 3.43. The normalized spacial score (nSPS) is 16.6. The van der Waals surface area contributed by atoms with Crippen molar-refractivity contribution in [3.05, 3.63) is 34.8 Å². The Morgan fingerprint density at radius 1 is 1.33 bits per heavy atom. The molecule has 0 radical (unpaired) electrons. The Balaban J connectivity index is 1.50. The molecule has 0 unspecified atom stereocenters. The molecule has 0 bridgehead atoms. The summed E-state index contributed by atoms with van der Waals surface area (Å²) >= 11 is 1.53. The lowest BCUT2D eigenvalue weighted by molar-refractivity contribution is -0.116. The summed E-state index contributed by atoms with van der Waals surface area (Å²) in [6.07, 6.45) is 3.53. The number of nitrogens with one attached hydrogen (secondary N) is 1. The van der Waals surface area contributed by atoms with Gasteiger partial charge >= 0.3 is 0 Å². The number of benzene rings is 1. The number of ether oxygens (including phenoxy) is 1. The minimum absolute atomic E-state index is 0.0708. The fourth-order valence-corrected chi connectivity index (χ4v) is 5.60. The number of thiazole rings is 1. The van der Waals surface area contributed by atoms with Crippen LogP contribution in [0.3, 0.4) is 0 Å². The molecule has 6 nitrogen and oxygen atoms in total. The number of fused-ring (bicyclic) bond motifs is 1. The molecule has 2 aromatic rings. The van der Waals surface area contributed by atoms with Gasteiger partial charge in [-0.3, -0.25) is 4.79 Å². The molecule has 0 saturated carbocycles. The van der Waals surface area contributed by atoms with Crippen LogP contribution in [-0.4, -0.2) is 32.2 Å². The Bertz CT molecular complexity index is 904. The molecular formula is C19H24N2O4S2. The quantitative estimate of drug-likeness (QED) is 0.758. The lowest BCUT2D eigenvalue weighted by atomic mass is 9.93. The number of amides is 1. The van der Waals surface area contributed by atoms with Crippen LogP contribution in [0, 0.1) is 5.92 Å². The Kier molecular flexibility index (Phi) is 6.16. The zero-order valence-corrected chi connectivity index (χ0v) is 17.2. The number of carbonyl (C=O) groups is 1. The van der Waals surface area contributed by atoms with Gasteiger partial charge in [-0.25, -0.2) is 13.4 Å². The molecule has 0 saturated heterocycles. The van der Waals surface area contributed by atoms with Gasteiger partial charge < -0.3 is 10.1 Å². The van der Waals surface area contributed by atoms with Crippen molar-refractivity contribution in [2.75, 3.05) is 18.2 Å². The first-order valence-electron chi connectivity index (χ1n) is 9.02. The van der Waals surface area contributed by atoms with Gasteiger partial charge in [0.25, 0.3) is 0 Å². The predicted molar refractivity (Wildman–Crippen MR) is 106 cm³/mol. The molecule has 1 aliphatic carbocycles. The summed E-state index contributed by atoms with van der Waals surface area (Å²) in [6, 6.07) is 6.28. The SMILES string of the molecule is COc1ccc(S(=O)(=O)CCCC(=O)Nc2nc3c(s2)C[C@H](C)CC3)cc1. The Hall–Kier alpha value is -1.93. The molecule has 1 heterocycles. The maximum atomic E-state index is 12.4. The van der Waals surface area contributed by atoms with E-state index in [9.17, 15) is 13.2 Å². The number of aryl methyl sites for hydroxylation is 1.